The molecule has 2 aromatic heterocycles. The fourth-order valence-corrected chi connectivity index (χ4v) is 7.56. The molecule has 3 nitrogen and oxygen atoms in total. The summed E-state index contributed by atoms with van der Waals surface area (Å²) in [7, 11) is 0. The third kappa shape index (κ3) is 4.52. The van der Waals surface area contributed by atoms with E-state index in [-0.39, 0.29) is 0 Å². The third-order valence-corrected chi connectivity index (χ3v) is 9.99. The monoisotopic (exact) mass is 638 g/mol. The van der Waals surface area contributed by atoms with Gasteiger partial charge in [-0.05, 0) is 63.7 Å². The molecule has 50 heavy (non-hydrogen) atoms. The maximum absolute atomic E-state index is 6.35. The van der Waals surface area contributed by atoms with Crippen molar-refractivity contribution in [2.24, 2.45) is 0 Å². The summed E-state index contributed by atoms with van der Waals surface area (Å²) in [6.45, 7) is 2.07. The standard InChI is InChI=1S/C47H30N2O/c1-29-44(49-46-41-19-5-3-16-38(41)37-15-2-4-18-40(37)45(46)48-29)35-14-9-12-33(28-35)31-25-23-30(24-26-31)32-11-8-13-34(27-32)36-20-10-21-42-39-17-6-7-22-43(39)50-47(36)42/h2-28H,1H3. The Morgan fingerprint density at radius 3 is 1.56 bits per heavy atom. The zero-order valence-electron chi connectivity index (χ0n) is 27.4. The molecular formula is C47H30N2O. The summed E-state index contributed by atoms with van der Waals surface area (Å²) < 4.78 is 6.35. The van der Waals surface area contributed by atoms with Crippen molar-refractivity contribution in [3.8, 4) is 44.6 Å². The van der Waals surface area contributed by atoms with Gasteiger partial charge in [-0.2, -0.15) is 0 Å². The molecule has 0 aliphatic rings. The lowest BCUT2D eigenvalue weighted by molar-refractivity contribution is 0.670. The second-order valence-electron chi connectivity index (χ2n) is 13.0. The van der Waals surface area contributed by atoms with E-state index in [1.54, 1.807) is 0 Å². The van der Waals surface area contributed by atoms with Gasteiger partial charge in [-0.15, -0.1) is 0 Å². The number of aryl methyl sites for hydroxylation is 1. The van der Waals surface area contributed by atoms with Crippen LogP contribution >= 0.6 is 0 Å². The van der Waals surface area contributed by atoms with E-state index in [1.807, 2.05) is 12.1 Å². The van der Waals surface area contributed by atoms with Gasteiger partial charge in [0, 0.05) is 32.7 Å². The van der Waals surface area contributed by atoms with Gasteiger partial charge in [0.15, 0.2) is 0 Å². The Balaban J connectivity index is 1.01. The number of benzene rings is 8. The van der Waals surface area contributed by atoms with Crippen molar-refractivity contribution < 1.29 is 4.42 Å². The van der Waals surface area contributed by atoms with Gasteiger partial charge in [-0.3, -0.25) is 0 Å². The first kappa shape index (κ1) is 28.4. The van der Waals surface area contributed by atoms with Crippen LogP contribution < -0.4 is 0 Å². The predicted molar refractivity (Wildman–Crippen MR) is 208 cm³/mol. The Morgan fingerprint density at radius 2 is 0.880 bits per heavy atom. The van der Waals surface area contributed by atoms with Crippen molar-refractivity contribution in [3.05, 3.63) is 169 Å². The molecule has 0 amide bonds. The number of hydrogen-bond donors (Lipinski definition) is 0. The van der Waals surface area contributed by atoms with Gasteiger partial charge in [0.25, 0.3) is 0 Å². The van der Waals surface area contributed by atoms with Crippen molar-refractivity contribution in [1.82, 2.24) is 9.97 Å². The Bertz CT molecular complexity index is 2940. The maximum atomic E-state index is 6.35. The molecule has 0 radical (unpaired) electrons. The first-order valence-corrected chi connectivity index (χ1v) is 17.0. The summed E-state index contributed by atoms with van der Waals surface area (Å²) in [6, 6.07) is 57.9. The number of rotatable bonds is 4. The topological polar surface area (TPSA) is 38.9 Å². The summed E-state index contributed by atoms with van der Waals surface area (Å²) in [6.07, 6.45) is 0. The molecule has 0 unspecified atom stereocenters. The largest absolute Gasteiger partial charge is 0.455 e. The van der Waals surface area contributed by atoms with E-state index in [2.05, 4.69) is 159 Å². The predicted octanol–water partition coefficient (Wildman–Crippen LogP) is 12.8. The zero-order chi connectivity index (χ0) is 33.2. The molecule has 0 spiro atoms. The van der Waals surface area contributed by atoms with Gasteiger partial charge in [0.05, 0.1) is 22.4 Å². The molecule has 0 saturated heterocycles. The summed E-state index contributed by atoms with van der Waals surface area (Å²) >= 11 is 0. The van der Waals surface area contributed by atoms with E-state index in [9.17, 15) is 0 Å². The van der Waals surface area contributed by atoms with Crippen LogP contribution in [0.15, 0.2) is 168 Å². The molecule has 10 rings (SSSR count). The van der Waals surface area contributed by atoms with Gasteiger partial charge in [0.1, 0.15) is 11.2 Å². The van der Waals surface area contributed by atoms with Crippen LogP contribution in [0.5, 0.6) is 0 Å². The molecule has 10 aromatic rings. The Hall–Kier alpha value is -6.58. The van der Waals surface area contributed by atoms with Gasteiger partial charge in [0.2, 0.25) is 0 Å². The van der Waals surface area contributed by atoms with Crippen LogP contribution in [-0.2, 0) is 0 Å². The molecule has 0 aliphatic carbocycles. The Labute approximate surface area is 289 Å². The van der Waals surface area contributed by atoms with Crippen LogP contribution in [0.3, 0.4) is 0 Å². The lowest BCUT2D eigenvalue weighted by Crippen LogP contribution is -1.97. The molecule has 8 aromatic carbocycles. The fourth-order valence-electron chi connectivity index (χ4n) is 7.56. The van der Waals surface area contributed by atoms with E-state index in [0.29, 0.717) is 0 Å². The summed E-state index contributed by atoms with van der Waals surface area (Å²) in [5, 5.41) is 6.95. The number of nitrogens with zero attached hydrogens (tertiary/aromatic N) is 2. The smallest absolute Gasteiger partial charge is 0.143 e. The SMILES string of the molecule is Cc1nc2c3ccccc3c3ccccc3c2nc1-c1cccc(-c2ccc(-c3cccc(-c4cccc5c4oc4ccccc45)c3)cc2)c1. The van der Waals surface area contributed by atoms with E-state index < -0.39 is 0 Å². The molecule has 0 N–H and O–H groups in total. The van der Waals surface area contributed by atoms with Gasteiger partial charge in [-0.1, -0.05) is 146 Å². The molecule has 0 atom stereocenters. The van der Waals surface area contributed by atoms with Gasteiger partial charge in [-0.25, -0.2) is 9.97 Å². The maximum Gasteiger partial charge on any atom is 0.143 e. The normalized spacial score (nSPS) is 11.7. The van der Waals surface area contributed by atoms with Crippen LogP contribution in [0.25, 0.3) is 99.2 Å². The average molecular weight is 639 g/mol. The lowest BCUT2D eigenvalue weighted by Gasteiger charge is -2.13. The summed E-state index contributed by atoms with van der Waals surface area (Å²) in [5.74, 6) is 0. The van der Waals surface area contributed by atoms with E-state index >= 15 is 0 Å². The fraction of sp³-hybridized carbons (Fsp3) is 0.0213. The molecule has 0 aliphatic heterocycles. The first-order chi connectivity index (χ1) is 24.7. The van der Waals surface area contributed by atoms with Crippen LogP contribution in [0.1, 0.15) is 5.69 Å². The van der Waals surface area contributed by atoms with Crippen LogP contribution in [0.2, 0.25) is 0 Å². The highest BCUT2D eigenvalue weighted by atomic mass is 16.3. The molecule has 0 bridgehead atoms. The Morgan fingerprint density at radius 1 is 0.380 bits per heavy atom. The number of aromatic nitrogens is 2. The first-order valence-electron chi connectivity index (χ1n) is 17.0. The van der Waals surface area contributed by atoms with E-state index in [4.69, 9.17) is 14.4 Å². The zero-order valence-corrected chi connectivity index (χ0v) is 27.4. The quantitative estimate of drug-likeness (QED) is 0.180. The number of furan rings is 1. The number of fused-ring (bicyclic) bond motifs is 9. The minimum Gasteiger partial charge on any atom is -0.455 e. The molecule has 234 valence electrons. The van der Waals surface area contributed by atoms with E-state index in [0.717, 1.165) is 88.5 Å². The summed E-state index contributed by atoms with van der Waals surface area (Å²) in [4.78, 5) is 10.5. The highest BCUT2D eigenvalue weighted by Gasteiger charge is 2.16. The van der Waals surface area contributed by atoms with Crippen molar-refractivity contribution in [2.45, 2.75) is 6.92 Å². The van der Waals surface area contributed by atoms with Crippen molar-refractivity contribution in [2.75, 3.05) is 0 Å². The second-order valence-corrected chi connectivity index (χ2v) is 13.0. The molecule has 0 saturated carbocycles. The van der Waals surface area contributed by atoms with Crippen molar-refractivity contribution >= 4 is 54.5 Å². The number of para-hydroxylation sites is 2. The second kappa shape index (κ2) is 11.3. The van der Waals surface area contributed by atoms with E-state index in [1.165, 1.54) is 16.3 Å². The molecule has 3 heteroatoms. The van der Waals surface area contributed by atoms with Crippen LogP contribution in [0.4, 0.5) is 0 Å². The minimum atomic E-state index is 0.910. The molecule has 2 heterocycles. The van der Waals surface area contributed by atoms with Gasteiger partial charge < -0.3 is 4.42 Å². The number of hydrogen-bond acceptors (Lipinski definition) is 3. The average Bonchev–Trinajstić information content (AvgIpc) is 3.57. The minimum absolute atomic E-state index is 0.910. The van der Waals surface area contributed by atoms with Crippen molar-refractivity contribution in [1.29, 1.82) is 0 Å². The summed E-state index contributed by atoms with van der Waals surface area (Å²) in [5.41, 5.74) is 13.5. The van der Waals surface area contributed by atoms with Crippen molar-refractivity contribution in [3.63, 3.8) is 0 Å². The molecular weight excluding hydrogens is 609 g/mol. The molecule has 0 fully saturated rings. The van der Waals surface area contributed by atoms with Crippen LogP contribution in [0, 0.1) is 6.92 Å². The van der Waals surface area contributed by atoms with Crippen LogP contribution in [-0.4, -0.2) is 9.97 Å². The van der Waals surface area contributed by atoms with Gasteiger partial charge >= 0.3 is 0 Å². The Kier molecular flexibility index (Phi) is 6.40. The third-order valence-electron chi connectivity index (χ3n) is 9.99. The highest BCUT2D eigenvalue weighted by molar-refractivity contribution is 6.23. The lowest BCUT2D eigenvalue weighted by atomic mass is 9.95. The highest BCUT2D eigenvalue weighted by Crippen LogP contribution is 2.38.